The van der Waals surface area contributed by atoms with Crippen molar-refractivity contribution in [1.82, 2.24) is 0 Å². The highest BCUT2D eigenvalue weighted by atomic mass is 19.1. The molecule has 2 aliphatic carbocycles. The number of hydrogen-bond acceptors (Lipinski definition) is 12. The third kappa shape index (κ3) is 3.74. The number of fused-ring (bicyclic) bond motifs is 8. The Morgan fingerprint density at radius 3 is 1.83 bits per heavy atom. The molecule has 0 radical (unpaired) electrons. The number of methoxy groups -OCH3 is 1. The number of benzene rings is 2. The Bertz CT molecular complexity index is 2240. The second-order valence-corrected chi connectivity index (χ2v) is 16.9. The van der Waals surface area contributed by atoms with Crippen LogP contribution in [0.15, 0.2) is 33.5 Å². The van der Waals surface area contributed by atoms with Crippen molar-refractivity contribution in [2.45, 2.75) is 110 Å². The standard InChI is InChI=1S/C39H41FO12/c1-33(2)28(49-32(45)39-16-14-37(8,30(43)52-39)35(39,5)6)27(48-31(44)38-15-13-36(7,29(42)51-38)34(38,3)4)24-21(50-33)17-20(46-9)23-25(41)22-18(40)11-10-12-19(22)47-26(23)24/h10-12,17,27-28H,13-16H2,1-9H3/t27-,28-,36?,37?,38?,39?/m1/s1. The van der Waals surface area contributed by atoms with E-state index < -0.39 is 85.8 Å². The molecular formula is C39H41FO12. The smallest absolute Gasteiger partial charge is 0.351 e. The van der Waals surface area contributed by atoms with Gasteiger partial charge >= 0.3 is 23.9 Å². The van der Waals surface area contributed by atoms with Crippen molar-refractivity contribution in [3.05, 3.63) is 45.9 Å². The molecule has 2 aromatic carbocycles. The molecule has 13 heteroatoms. The summed E-state index contributed by atoms with van der Waals surface area (Å²) in [6.07, 6.45) is -1.84. The van der Waals surface area contributed by atoms with Gasteiger partial charge in [0.15, 0.2) is 17.8 Å². The molecule has 12 nitrogen and oxygen atoms in total. The van der Waals surface area contributed by atoms with Crippen LogP contribution >= 0.6 is 0 Å². The molecule has 1 aromatic heterocycles. The summed E-state index contributed by atoms with van der Waals surface area (Å²) in [6, 6.07) is 5.34. The quantitative estimate of drug-likeness (QED) is 0.172. The molecule has 52 heavy (non-hydrogen) atoms. The summed E-state index contributed by atoms with van der Waals surface area (Å²) in [6.45, 7) is 13.9. The molecule has 276 valence electrons. The minimum absolute atomic E-state index is 0.00346. The molecule has 6 atom stereocenters. The molecule has 5 aliphatic rings. The van der Waals surface area contributed by atoms with Crippen LogP contribution in [-0.4, -0.2) is 53.9 Å². The van der Waals surface area contributed by atoms with Crippen LogP contribution in [0.5, 0.6) is 11.5 Å². The summed E-state index contributed by atoms with van der Waals surface area (Å²) in [5.41, 5.74) is -9.65. The fourth-order valence-corrected chi connectivity index (χ4v) is 9.52. The number of esters is 4. The van der Waals surface area contributed by atoms with Crippen LogP contribution < -0.4 is 14.9 Å². The van der Waals surface area contributed by atoms with Crippen molar-refractivity contribution < 1.29 is 56.4 Å². The monoisotopic (exact) mass is 720 g/mol. The lowest BCUT2D eigenvalue weighted by Gasteiger charge is -2.46. The molecule has 3 aliphatic heterocycles. The third-order valence-corrected chi connectivity index (χ3v) is 14.0. The predicted octanol–water partition coefficient (Wildman–Crippen LogP) is 6.00. The largest absolute Gasteiger partial charge is 0.496 e. The average molecular weight is 721 g/mol. The SMILES string of the molecule is COc1cc2c(c3oc4cccc(F)c4c(=O)c13)[C@@H](OC(=O)C13CCC(C)(C(=O)O1)C3(C)C)[C@@H](OC(=O)C13CCC(C)(C(=O)O1)C3(C)C)C(C)(C)O2. The lowest BCUT2D eigenvalue weighted by molar-refractivity contribution is -0.217. The number of ether oxygens (including phenoxy) is 6. The zero-order valence-corrected chi connectivity index (χ0v) is 30.6. The van der Waals surface area contributed by atoms with Crippen molar-refractivity contribution in [2.75, 3.05) is 7.11 Å². The van der Waals surface area contributed by atoms with E-state index in [4.69, 9.17) is 32.8 Å². The van der Waals surface area contributed by atoms with E-state index in [0.29, 0.717) is 12.8 Å². The van der Waals surface area contributed by atoms with Crippen LogP contribution in [0.4, 0.5) is 4.39 Å². The Morgan fingerprint density at radius 1 is 0.769 bits per heavy atom. The van der Waals surface area contributed by atoms with Crippen molar-refractivity contribution >= 4 is 45.8 Å². The Balaban J connectivity index is 1.34. The first-order chi connectivity index (χ1) is 24.1. The molecule has 2 saturated carbocycles. The molecule has 3 aromatic rings. The van der Waals surface area contributed by atoms with Gasteiger partial charge in [-0.05, 0) is 65.5 Å². The van der Waals surface area contributed by atoms with Crippen LogP contribution in [0.2, 0.25) is 0 Å². The topological polar surface area (TPSA) is 154 Å². The molecule has 0 spiro atoms. The van der Waals surface area contributed by atoms with Crippen LogP contribution in [0.25, 0.3) is 21.9 Å². The first-order valence-corrected chi connectivity index (χ1v) is 17.5. The molecule has 8 rings (SSSR count). The van der Waals surface area contributed by atoms with E-state index in [9.17, 15) is 24.0 Å². The molecule has 4 bridgehead atoms. The van der Waals surface area contributed by atoms with Gasteiger partial charge in [-0.1, -0.05) is 33.8 Å². The van der Waals surface area contributed by atoms with Crippen LogP contribution in [0.1, 0.15) is 92.7 Å². The molecular weight excluding hydrogens is 679 g/mol. The van der Waals surface area contributed by atoms with E-state index in [1.54, 1.807) is 55.4 Å². The minimum atomic E-state index is -1.69. The van der Waals surface area contributed by atoms with Crippen molar-refractivity contribution in [2.24, 2.45) is 21.7 Å². The Kier molecular flexibility index (Phi) is 6.65. The number of hydrogen-bond donors (Lipinski definition) is 0. The van der Waals surface area contributed by atoms with Crippen LogP contribution in [0, 0.1) is 27.5 Å². The lowest BCUT2D eigenvalue weighted by Crippen LogP contribution is -2.57. The highest BCUT2D eigenvalue weighted by Crippen LogP contribution is 2.68. The first kappa shape index (κ1) is 34.4. The third-order valence-electron chi connectivity index (χ3n) is 14.0. The van der Waals surface area contributed by atoms with Crippen molar-refractivity contribution in [3.8, 4) is 11.5 Å². The summed E-state index contributed by atoms with van der Waals surface area (Å²) in [5, 5.41) is -0.484. The van der Waals surface area contributed by atoms with Gasteiger partial charge in [0.25, 0.3) is 0 Å². The second kappa shape index (κ2) is 10.0. The number of rotatable bonds is 5. The van der Waals surface area contributed by atoms with Crippen molar-refractivity contribution in [1.29, 1.82) is 0 Å². The normalized spacial score (nSPS) is 34.4. The fourth-order valence-electron chi connectivity index (χ4n) is 9.52. The zero-order valence-electron chi connectivity index (χ0n) is 30.6. The summed E-state index contributed by atoms with van der Waals surface area (Å²) in [7, 11) is 1.33. The molecule has 4 unspecified atom stereocenters. The predicted molar refractivity (Wildman–Crippen MR) is 180 cm³/mol. The zero-order chi connectivity index (χ0) is 37.8. The second-order valence-electron chi connectivity index (χ2n) is 16.9. The number of carbonyl (C=O) groups excluding carboxylic acids is 4. The Labute approximate surface area is 298 Å². The van der Waals surface area contributed by atoms with Gasteiger partial charge in [-0.2, -0.15) is 0 Å². The first-order valence-electron chi connectivity index (χ1n) is 17.5. The van der Waals surface area contributed by atoms with E-state index in [1.807, 2.05) is 0 Å². The van der Waals surface area contributed by atoms with E-state index in [2.05, 4.69) is 0 Å². The van der Waals surface area contributed by atoms with Crippen LogP contribution in [0.3, 0.4) is 0 Å². The average Bonchev–Trinajstić information content (AvgIpc) is 3.53. The lowest BCUT2D eigenvalue weighted by atomic mass is 9.66. The van der Waals surface area contributed by atoms with E-state index in [0.717, 1.165) is 6.07 Å². The van der Waals surface area contributed by atoms with E-state index >= 15 is 4.39 Å². The van der Waals surface area contributed by atoms with Gasteiger partial charge in [-0.25, -0.2) is 14.0 Å². The maximum Gasteiger partial charge on any atom is 0.351 e. The summed E-state index contributed by atoms with van der Waals surface area (Å²) in [5.74, 6) is -3.52. The van der Waals surface area contributed by atoms with Crippen LogP contribution in [-0.2, 0) is 38.1 Å². The Hall–Kier alpha value is -4.68. The van der Waals surface area contributed by atoms with Gasteiger partial charge < -0.3 is 32.8 Å². The van der Waals surface area contributed by atoms with E-state index in [-0.39, 0.29) is 51.8 Å². The van der Waals surface area contributed by atoms with E-state index in [1.165, 1.54) is 25.3 Å². The van der Waals surface area contributed by atoms with Gasteiger partial charge in [0.2, 0.25) is 16.6 Å². The highest BCUT2D eigenvalue weighted by Gasteiger charge is 2.78. The van der Waals surface area contributed by atoms with Gasteiger partial charge in [0, 0.05) is 16.9 Å². The molecule has 2 saturated heterocycles. The van der Waals surface area contributed by atoms with Gasteiger partial charge in [-0.15, -0.1) is 0 Å². The maximum atomic E-state index is 15.1. The summed E-state index contributed by atoms with van der Waals surface area (Å²) < 4.78 is 57.9. The van der Waals surface area contributed by atoms with Gasteiger partial charge in [0.05, 0.1) is 23.5 Å². The van der Waals surface area contributed by atoms with Crippen molar-refractivity contribution in [3.63, 3.8) is 0 Å². The number of halogens is 1. The van der Waals surface area contributed by atoms with Gasteiger partial charge in [-0.3, -0.25) is 14.4 Å². The Morgan fingerprint density at radius 2 is 1.33 bits per heavy atom. The summed E-state index contributed by atoms with van der Waals surface area (Å²) >= 11 is 0. The highest BCUT2D eigenvalue weighted by molar-refractivity contribution is 5.98. The van der Waals surface area contributed by atoms with Gasteiger partial charge in [0.1, 0.15) is 39.3 Å². The summed E-state index contributed by atoms with van der Waals surface area (Å²) in [4.78, 5) is 69.6. The fraction of sp³-hybridized carbons (Fsp3) is 0.564. The minimum Gasteiger partial charge on any atom is -0.496 e. The molecule has 4 fully saturated rings. The molecule has 4 heterocycles. The molecule has 0 N–H and O–H groups in total. The molecule has 0 amide bonds. The number of carbonyl (C=O) groups is 4. The maximum absolute atomic E-state index is 15.1.